The number of nitrogens with zero attached hydrogens (tertiary/aromatic N) is 1. The number of hydrogen-bond donors (Lipinski definition) is 2. The lowest BCUT2D eigenvalue weighted by Crippen LogP contribution is -2.54. The van der Waals surface area contributed by atoms with Crippen molar-refractivity contribution in [3.8, 4) is 0 Å². The molecule has 0 aromatic heterocycles. The van der Waals surface area contributed by atoms with Gasteiger partial charge in [-0.25, -0.2) is 0 Å². The smallest absolute Gasteiger partial charge is 0.240 e. The molecule has 5 nitrogen and oxygen atoms in total. The highest BCUT2D eigenvalue weighted by atomic mass is 16.2. The predicted octanol–water partition coefficient (Wildman–Crippen LogP) is 0.669. The largest absolute Gasteiger partial charge is 0.369 e. The first kappa shape index (κ1) is 15.5. The van der Waals surface area contributed by atoms with Crippen LogP contribution < -0.4 is 11.5 Å². The van der Waals surface area contributed by atoms with Gasteiger partial charge in [0, 0.05) is 12.6 Å². The van der Waals surface area contributed by atoms with E-state index in [-0.39, 0.29) is 23.8 Å². The summed E-state index contributed by atoms with van der Waals surface area (Å²) in [6.07, 6.45) is 2.04. The molecule has 1 saturated heterocycles. The molecule has 1 heterocycles. The van der Waals surface area contributed by atoms with E-state index >= 15 is 0 Å². The van der Waals surface area contributed by atoms with Crippen molar-refractivity contribution in [2.75, 3.05) is 6.54 Å². The van der Waals surface area contributed by atoms with Gasteiger partial charge in [0.05, 0.1) is 12.0 Å². The van der Waals surface area contributed by atoms with Gasteiger partial charge in [-0.05, 0) is 31.7 Å². The van der Waals surface area contributed by atoms with Gasteiger partial charge in [-0.1, -0.05) is 30.3 Å². The van der Waals surface area contributed by atoms with E-state index < -0.39 is 6.04 Å². The molecule has 2 amide bonds. The lowest BCUT2D eigenvalue weighted by Gasteiger charge is -2.38. The highest BCUT2D eigenvalue weighted by Crippen LogP contribution is 2.22. The molecule has 0 saturated carbocycles. The monoisotopic (exact) mass is 289 g/mol. The minimum absolute atomic E-state index is 0.0997. The lowest BCUT2D eigenvalue weighted by atomic mass is 9.92. The quantitative estimate of drug-likeness (QED) is 0.853. The number of piperidine rings is 1. The van der Waals surface area contributed by atoms with Crippen LogP contribution in [0.2, 0.25) is 0 Å². The number of rotatable bonds is 4. The number of amides is 2. The molecule has 1 aromatic rings. The molecule has 2 unspecified atom stereocenters. The van der Waals surface area contributed by atoms with E-state index in [1.807, 2.05) is 37.3 Å². The van der Waals surface area contributed by atoms with Crippen LogP contribution in [0.4, 0.5) is 0 Å². The minimum atomic E-state index is -0.582. The molecule has 114 valence electrons. The third kappa shape index (κ3) is 3.82. The van der Waals surface area contributed by atoms with Crippen LogP contribution in [0.5, 0.6) is 0 Å². The average molecular weight is 289 g/mol. The number of hydrogen-bond acceptors (Lipinski definition) is 3. The number of benzene rings is 1. The van der Waals surface area contributed by atoms with Crippen molar-refractivity contribution in [2.45, 2.75) is 38.3 Å². The van der Waals surface area contributed by atoms with Crippen molar-refractivity contribution in [3.63, 3.8) is 0 Å². The van der Waals surface area contributed by atoms with E-state index in [0.29, 0.717) is 13.0 Å². The van der Waals surface area contributed by atoms with Gasteiger partial charge in [-0.15, -0.1) is 0 Å². The van der Waals surface area contributed by atoms with Crippen LogP contribution in [-0.2, 0) is 16.0 Å². The van der Waals surface area contributed by atoms with E-state index in [4.69, 9.17) is 11.5 Å². The van der Waals surface area contributed by atoms with Crippen molar-refractivity contribution >= 4 is 11.8 Å². The van der Waals surface area contributed by atoms with Gasteiger partial charge in [-0.3, -0.25) is 9.59 Å². The Labute approximate surface area is 125 Å². The number of carbonyl (C=O) groups excluding carboxylic acids is 2. The topological polar surface area (TPSA) is 89.4 Å². The molecule has 0 aliphatic carbocycles. The summed E-state index contributed by atoms with van der Waals surface area (Å²) in [6, 6.07) is 9.23. The Kier molecular flexibility index (Phi) is 4.96. The first-order chi connectivity index (χ1) is 9.99. The maximum Gasteiger partial charge on any atom is 0.240 e. The third-order valence-electron chi connectivity index (χ3n) is 4.18. The highest BCUT2D eigenvalue weighted by molar-refractivity contribution is 5.84. The zero-order chi connectivity index (χ0) is 15.4. The molecular weight excluding hydrogens is 266 g/mol. The molecule has 1 aliphatic rings. The highest BCUT2D eigenvalue weighted by Gasteiger charge is 2.33. The van der Waals surface area contributed by atoms with Crippen LogP contribution in [0.25, 0.3) is 0 Å². The molecule has 5 heteroatoms. The van der Waals surface area contributed by atoms with E-state index in [1.54, 1.807) is 4.90 Å². The third-order valence-corrected chi connectivity index (χ3v) is 4.18. The van der Waals surface area contributed by atoms with Crippen LogP contribution in [0.1, 0.15) is 25.3 Å². The van der Waals surface area contributed by atoms with Crippen LogP contribution in [0.15, 0.2) is 30.3 Å². The summed E-state index contributed by atoms with van der Waals surface area (Å²) in [7, 11) is 0. The van der Waals surface area contributed by atoms with Crippen LogP contribution >= 0.6 is 0 Å². The lowest BCUT2D eigenvalue weighted by molar-refractivity contribution is -0.138. The summed E-state index contributed by atoms with van der Waals surface area (Å²) < 4.78 is 0. The number of carbonyl (C=O) groups is 2. The first-order valence-corrected chi connectivity index (χ1v) is 7.38. The van der Waals surface area contributed by atoms with Crippen molar-refractivity contribution < 1.29 is 9.59 Å². The summed E-state index contributed by atoms with van der Waals surface area (Å²) in [4.78, 5) is 25.6. The molecule has 0 radical (unpaired) electrons. The zero-order valence-electron chi connectivity index (χ0n) is 12.4. The van der Waals surface area contributed by atoms with E-state index in [0.717, 1.165) is 18.4 Å². The zero-order valence-corrected chi connectivity index (χ0v) is 12.4. The Balaban J connectivity index is 2.01. The van der Waals surface area contributed by atoms with Gasteiger partial charge in [0.2, 0.25) is 11.8 Å². The Morgan fingerprint density at radius 2 is 1.95 bits per heavy atom. The maximum atomic E-state index is 12.5. The van der Waals surface area contributed by atoms with Crippen molar-refractivity contribution in [1.82, 2.24) is 4.90 Å². The molecule has 1 aromatic carbocycles. The molecule has 2 rings (SSSR count). The molecule has 1 aliphatic heterocycles. The molecule has 0 spiro atoms. The number of primary amides is 1. The first-order valence-electron chi connectivity index (χ1n) is 7.38. The molecule has 21 heavy (non-hydrogen) atoms. The molecule has 0 bridgehead atoms. The van der Waals surface area contributed by atoms with Gasteiger partial charge >= 0.3 is 0 Å². The molecule has 4 N–H and O–H groups in total. The normalized spacial score (nSPS) is 23.6. The van der Waals surface area contributed by atoms with Gasteiger partial charge in [-0.2, -0.15) is 0 Å². The Morgan fingerprint density at radius 1 is 1.29 bits per heavy atom. The Hall–Kier alpha value is -1.88. The summed E-state index contributed by atoms with van der Waals surface area (Å²) in [5, 5.41) is 0. The summed E-state index contributed by atoms with van der Waals surface area (Å²) in [5.41, 5.74) is 12.5. The average Bonchev–Trinajstić information content (AvgIpc) is 2.47. The molecular formula is C16H23N3O2. The SMILES string of the molecule is CC1CCC(C(N)=O)CN1C(=O)[C@H](N)Cc1ccccc1. The van der Waals surface area contributed by atoms with Crippen molar-refractivity contribution in [2.24, 2.45) is 17.4 Å². The van der Waals surface area contributed by atoms with Crippen LogP contribution in [-0.4, -0.2) is 35.3 Å². The number of nitrogens with two attached hydrogens (primary N) is 2. The second-order valence-corrected chi connectivity index (χ2v) is 5.81. The summed E-state index contributed by atoms with van der Waals surface area (Å²) in [5.74, 6) is -0.692. The van der Waals surface area contributed by atoms with Crippen LogP contribution in [0.3, 0.4) is 0 Å². The number of likely N-dealkylation sites (tertiary alicyclic amines) is 1. The standard InChI is InChI=1S/C16H23N3O2/c1-11-7-8-13(15(18)20)10-19(11)16(21)14(17)9-12-5-3-2-4-6-12/h2-6,11,13-14H,7-10,17H2,1H3,(H2,18,20)/t11?,13?,14-/m1/s1. The van der Waals surface area contributed by atoms with Gasteiger partial charge in [0.15, 0.2) is 0 Å². The second kappa shape index (κ2) is 6.72. The van der Waals surface area contributed by atoms with Gasteiger partial charge in [0.25, 0.3) is 0 Å². The fourth-order valence-electron chi connectivity index (χ4n) is 2.81. The Morgan fingerprint density at radius 3 is 2.57 bits per heavy atom. The van der Waals surface area contributed by atoms with E-state index in [9.17, 15) is 9.59 Å². The van der Waals surface area contributed by atoms with Crippen LogP contribution in [0, 0.1) is 5.92 Å². The molecule has 1 fully saturated rings. The maximum absolute atomic E-state index is 12.5. The fraction of sp³-hybridized carbons (Fsp3) is 0.500. The molecule has 3 atom stereocenters. The van der Waals surface area contributed by atoms with E-state index in [2.05, 4.69) is 0 Å². The summed E-state index contributed by atoms with van der Waals surface area (Å²) in [6.45, 7) is 2.38. The van der Waals surface area contributed by atoms with Crippen molar-refractivity contribution in [1.29, 1.82) is 0 Å². The van der Waals surface area contributed by atoms with E-state index in [1.165, 1.54) is 0 Å². The van der Waals surface area contributed by atoms with Crippen molar-refractivity contribution in [3.05, 3.63) is 35.9 Å². The summed E-state index contributed by atoms with van der Waals surface area (Å²) >= 11 is 0. The van der Waals surface area contributed by atoms with Gasteiger partial charge in [0.1, 0.15) is 0 Å². The Bertz CT molecular complexity index is 504. The second-order valence-electron chi connectivity index (χ2n) is 5.81. The fourth-order valence-corrected chi connectivity index (χ4v) is 2.81. The predicted molar refractivity (Wildman–Crippen MR) is 81.2 cm³/mol. The van der Waals surface area contributed by atoms with Gasteiger partial charge < -0.3 is 16.4 Å². The minimum Gasteiger partial charge on any atom is -0.369 e.